The second-order valence-electron chi connectivity index (χ2n) is 1.79. The van der Waals surface area contributed by atoms with E-state index in [-0.39, 0.29) is 0 Å². The van der Waals surface area contributed by atoms with Crippen molar-refractivity contribution in [3.05, 3.63) is 22.7 Å². The van der Waals surface area contributed by atoms with Crippen molar-refractivity contribution in [2.75, 3.05) is 5.75 Å². The Balaban J connectivity index is 2.69. The Morgan fingerprint density at radius 3 is 2.50 bits per heavy atom. The normalized spacial score (nSPS) is 9.80. The molecule has 10 heavy (non-hydrogen) atoms. The van der Waals surface area contributed by atoms with Gasteiger partial charge in [-0.15, -0.1) is 0 Å². The minimum atomic E-state index is 0.793. The van der Waals surface area contributed by atoms with Gasteiger partial charge in [-0.2, -0.15) is 12.6 Å². The van der Waals surface area contributed by atoms with Crippen LogP contribution in [0.25, 0.3) is 0 Å². The van der Waals surface area contributed by atoms with Crippen LogP contribution in [0.1, 0.15) is 5.82 Å². The van der Waals surface area contributed by atoms with Gasteiger partial charge < -0.3 is 0 Å². The first-order chi connectivity index (χ1) is 4.83. The predicted molar refractivity (Wildman–Crippen MR) is 47.3 cm³/mol. The van der Waals surface area contributed by atoms with Gasteiger partial charge in [-0.1, -0.05) is 0 Å². The third-order valence-corrected chi connectivity index (χ3v) is 1.64. The molecule has 0 spiro atoms. The summed E-state index contributed by atoms with van der Waals surface area (Å²) in [6.45, 7) is 0. The number of thiol groups is 1. The van der Waals surface area contributed by atoms with Crippen LogP contribution in [0.5, 0.6) is 0 Å². The van der Waals surface area contributed by atoms with Gasteiger partial charge >= 0.3 is 0 Å². The van der Waals surface area contributed by atoms with E-state index in [1.165, 1.54) is 0 Å². The SMILES string of the molecule is SCCc1ncc(Br)cn1. The van der Waals surface area contributed by atoms with Gasteiger partial charge in [-0.05, 0) is 21.7 Å². The zero-order valence-corrected chi connectivity index (χ0v) is 7.77. The van der Waals surface area contributed by atoms with Crippen molar-refractivity contribution in [3.63, 3.8) is 0 Å². The number of rotatable bonds is 2. The fourth-order valence-electron chi connectivity index (χ4n) is 0.568. The third-order valence-electron chi connectivity index (χ3n) is 1.01. The molecule has 0 fully saturated rings. The van der Waals surface area contributed by atoms with Gasteiger partial charge in [0.15, 0.2) is 0 Å². The van der Waals surface area contributed by atoms with E-state index in [0.29, 0.717) is 0 Å². The fraction of sp³-hybridized carbons (Fsp3) is 0.333. The van der Waals surface area contributed by atoms with Crippen LogP contribution in [-0.2, 0) is 6.42 Å². The van der Waals surface area contributed by atoms with E-state index in [1.807, 2.05) is 0 Å². The zero-order valence-electron chi connectivity index (χ0n) is 5.29. The van der Waals surface area contributed by atoms with Crippen molar-refractivity contribution in [2.45, 2.75) is 6.42 Å². The summed E-state index contributed by atoms with van der Waals surface area (Å²) in [5.41, 5.74) is 0. The van der Waals surface area contributed by atoms with Gasteiger partial charge in [0.05, 0.1) is 4.47 Å². The van der Waals surface area contributed by atoms with Crippen molar-refractivity contribution in [2.24, 2.45) is 0 Å². The molecule has 1 aromatic rings. The molecule has 0 N–H and O–H groups in total. The van der Waals surface area contributed by atoms with Gasteiger partial charge in [0, 0.05) is 18.8 Å². The first-order valence-corrected chi connectivity index (χ1v) is 4.33. The topological polar surface area (TPSA) is 25.8 Å². The fourth-order valence-corrected chi connectivity index (χ4v) is 0.973. The molecule has 0 aromatic carbocycles. The standard InChI is InChI=1S/C6H7BrN2S/c7-5-3-8-6(1-2-10)9-4-5/h3-4,10H,1-2H2. The minimum absolute atomic E-state index is 0.793. The molecule has 1 heterocycles. The highest BCUT2D eigenvalue weighted by molar-refractivity contribution is 9.10. The van der Waals surface area contributed by atoms with E-state index in [1.54, 1.807) is 12.4 Å². The van der Waals surface area contributed by atoms with Crippen LogP contribution in [0.2, 0.25) is 0 Å². The van der Waals surface area contributed by atoms with Gasteiger partial charge in [0.25, 0.3) is 0 Å². The molecule has 0 unspecified atom stereocenters. The van der Waals surface area contributed by atoms with Crippen LogP contribution in [0.3, 0.4) is 0 Å². The number of aromatic nitrogens is 2. The van der Waals surface area contributed by atoms with Crippen molar-refractivity contribution in [1.82, 2.24) is 9.97 Å². The van der Waals surface area contributed by atoms with E-state index in [9.17, 15) is 0 Å². The highest BCUT2D eigenvalue weighted by atomic mass is 79.9. The van der Waals surface area contributed by atoms with E-state index in [0.717, 1.165) is 22.5 Å². The van der Waals surface area contributed by atoms with E-state index < -0.39 is 0 Å². The molecule has 0 radical (unpaired) electrons. The lowest BCUT2D eigenvalue weighted by atomic mass is 10.4. The summed E-state index contributed by atoms with van der Waals surface area (Å²) in [5.74, 6) is 1.64. The molecule has 0 atom stereocenters. The van der Waals surface area contributed by atoms with E-state index in [2.05, 4.69) is 38.5 Å². The molecule has 1 aromatic heterocycles. The van der Waals surface area contributed by atoms with Gasteiger partial charge in [-0.3, -0.25) is 0 Å². The number of hydrogen-bond donors (Lipinski definition) is 1. The molecule has 0 aliphatic carbocycles. The van der Waals surface area contributed by atoms with Crippen LogP contribution in [-0.4, -0.2) is 15.7 Å². The minimum Gasteiger partial charge on any atom is -0.240 e. The molecule has 2 nitrogen and oxygen atoms in total. The first kappa shape index (κ1) is 8.01. The summed E-state index contributed by atoms with van der Waals surface area (Å²) in [6.07, 6.45) is 4.31. The van der Waals surface area contributed by atoms with Crippen LogP contribution < -0.4 is 0 Å². The zero-order chi connectivity index (χ0) is 7.40. The second-order valence-corrected chi connectivity index (χ2v) is 3.15. The summed E-state index contributed by atoms with van der Waals surface area (Å²) < 4.78 is 0.912. The highest BCUT2D eigenvalue weighted by Gasteiger charge is 1.92. The summed E-state index contributed by atoms with van der Waals surface area (Å²) in [6, 6.07) is 0. The summed E-state index contributed by atoms with van der Waals surface area (Å²) in [7, 11) is 0. The van der Waals surface area contributed by atoms with Crippen molar-refractivity contribution in [3.8, 4) is 0 Å². The molecule has 0 bridgehead atoms. The Morgan fingerprint density at radius 1 is 1.40 bits per heavy atom. The van der Waals surface area contributed by atoms with Crippen LogP contribution in [0, 0.1) is 0 Å². The van der Waals surface area contributed by atoms with Crippen molar-refractivity contribution in [1.29, 1.82) is 0 Å². The van der Waals surface area contributed by atoms with Gasteiger partial charge in [0.2, 0.25) is 0 Å². The summed E-state index contributed by atoms with van der Waals surface area (Å²) >= 11 is 7.32. The maximum absolute atomic E-state index is 4.07. The number of halogens is 1. The van der Waals surface area contributed by atoms with Gasteiger partial charge in [-0.25, -0.2) is 9.97 Å². The average molecular weight is 219 g/mol. The highest BCUT2D eigenvalue weighted by Crippen LogP contribution is 2.04. The molecule has 1 rings (SSSR count). The summed E-state index contributed by atoms with van der Waals surface area (Å²) in [5, 5.41) is 0. The Labute approximate surface area is 73.6 Å². The molecule has 0 aliphatic heterocycles. The largest absolute Gasteiger partial charge is 0.240 e. The van der Waals surface area contributed by atoms with Crippen LogP contribution in [0.4, 0.5) is 0 Å². The molecular formula is C6H7BrN2S. The maximum Gasteiger partial charge on any atom is 0.129 e. The molecule has 4 heteroatoms. The third kappa shape index (κ3) is 2.27. The molecule has 0 saturated carbocycles. The lowest BCUT2D eigenvalue weighted by Crippen LogP contribution is -1.93. The monoisotopic (exact) mass is 218 g/mol. The molecular weight excluding hydrogens is 212 g/mol. The Kier molecular flexibility index (Phi) is 3.15. The average Bonchev–Trinajstić information content (AvgIpc) is 1.95. The molecule has 0 aliphatic rings. The van der Waals surface area contributed by atoms with Crippen LogP contribution >= 0.6 is 28.6 Å². The van der Waals surface area contributed by atoms with E-state index >= 15 is 0 Å². The molecule has 0 saturated heterocycles. The number of aryl methyl sites for hydroxylation is 1. The maximum atomic E-state index is 4.07. The van der Waals surface area contributed by atoms with Gasteiger partial charge in [0.1, 0.15) is 5.82 Å². The van der Waals surface area contributed by atoms with Crippen molar-refractivity contribution < 1.29 is 0 Å². The molecule has 54 valence electrons. The van der Waals surface area contributed by atoms with Crippen molar-refractivity contribution >= 4 is 28.6 Å². The quantitative estimate of drug-likeness (QED) is 0.766. The predicted octanol–water partition coefficient (Wildman–Crippen LogP) is 1.71. The number of nitrogens with zero attached hydrogens (tertiary/aromatic N) is 2. The second kappa shape index (κ2) is 3.93. The lowest BCUT2D eigenvalue weighted by molar-refractivity contribution is 0.943. The molecule has 0 amide bonds. The Morgan fingerprint density at radius 2 is 2.00 bits per heavy atom. The Bertz CT molecular complexity index is 199. The van der Waals surface area contributed by atoms with E-state index in [4.69, 9.17) is 0 Å². The summed E-state index contributed by atoms with van der Waals surface area (Å²) in [4.78, 5) is 8.12. The Hall–Kier alpha value is -0.0900. The smallest absolute Gasteiger partial charge is 0.129 e. The van der Waals surface area contributed by atoms with Crippen LogP contribution in [0.15, 0.2) is 16.9 Å². The number of hydrogen-bond acceptors (Lipinski definition) is 3. The first-order valence-electron chi connectivity index (χ1n) is 2.90. The lowest BCUT2D eigenvalue weighted by Gasteiger charge is -1.93.